The van der Waals surface area contributed by atoms with Crippen LogP contribution >= 0.6 is 0 Å². The van der Waals surface area contributed by atoms with Gasteiger partial charge in [-0.2, -0.15) is 0 Å². The summed E-state index contributed by atoms with van der Waals surface area (Å²) in [5.41, 5.74) is -3.22. The Kier molecular flexibility index (Phi) is 12.4. The highest BCUT2D eigenvalue weighted by Gasteiger charge is 2.30. The molecule has 0 aliphatic carbocycles. The second-order valence-corrected chi connectivity index (χ2v) is 11.7. The van der Waals surface area contributed by atoms with Gasteiger partial charge in [-0.3, -0.25) is 0 Å². The van der Waals surface area contributed by atoms with E-state index in [-0.39, 0.29) is 29.7 Å². The summed E-state index contributed by atoms with van der Waals surface area (Å²) in [5, 5.41) is 20.7. The molecule has 1 heterocycles. The van der Waals surface area contributed by atoms with E-state index in [1.54, 1.807) is 6.92 Å². The van der Waals surface area contributed by atoms with Crippen molar-refractivity contribution in [2.45, 2.75) is 98.1 Å². The lowest BCUT2D eigenvalue weighted by atomic mass is 9.84. The molecule has 12 nitrogen and oxygen atoms in total. The summed E-state index contributed by atoms with van der Waals surface area (Å²) < 4.78 is 13.0. The maximum Gasteiger partial charge on any atom is 0.338 e. The van der Waals surface area contributed by atoms with Crippen LogP contribution in [0.1, 0.15) is 87.9 Å². The van der Waals surface area contributed by atoms with Crippen LogP contribution in [0.3, 0.4) is 0 Å². The van der Waals surface area contributed by atoms with E-state index in [2.05, 4.69) is 6.58 Å². The molecule has 0 spiro atoms. The Bertz CT molecular complexity index is 1450. The predicted octanol–water partition coefficient (Wildman–Crippen LogP) is 2.45. The third-order valence-electron chi connectivity index (χ3n) is 7.99. The van der Waals surface area contributed by atoms with Crippen molar-refractivity contribution in [3.63, 3.8) is 0 Å². The minimum absolute atomic E-state index is 0.0863. The Morgan fingerprint density at radius 3 is 1.72 bits per heavy atom. The van der Waals surface area contributed by atoms with Gasteiger partial charge in [0.25, 0.3) is 0 Å². The van der Waals surface area contributed by atoms with Crippen LogP contribution in [0.2, 0.25) is 0 Å². The van der Waals surface area contributed by atoms with Crippen molar-refractivity contribution in [2.24, 2.45) is 5.41 Å². The Hall–Kier alpha value is -3.77. The number of aliphatic hydroxyl groups excluding tert-OH is 2. The molecule has 43 heavy (non-hydrogen) atoms. The number of benzene rings is 1. The van der Waals surface area contributed by atoms with Crippen molar-refractivity contribution in [3.05, 3.63) is 79.5 Å². The van der Waals surface area contributed by atoms with Gasteiger partial charge in [0.1, 0.15) is 19.3 Å². The lowest BCUT2D eigenvalue weighted by molar-refractivity contribution is 0.0133. The lowest BCUT2D eigenvalue weighted by Gasteiger charge is -2.29. The fourth-order valence-corrected chi connectivity index (χ4v) is 4.46. The summed E-state index contributed by atoms with van der Waals surface area (Å²) in [7, 11) is 0. The highest BCUT2D eigenvalue weighted by Crippen LogP contribution is 2.26. The van der Waals surface area contributed by atoms with E-state index < -0.39 is 59.9 Å². The number of hydrogen-bond donors (Lipinski definition) is 2. The maximum atomic E-state index is 13.3. The van der Waals surface area contributed by atoms with Crippen LogP contribution in [0.4, 0.5) is 0 Å². The topological polar surface area (TPSA) is 159 Å². The van der Waals surface area contributed by atoms with E-state index in [0.29, 0.717) is 19.3 Å². The van der Waals surface area contributed by atoms with Gasteiger partial charge in [0, 0.05) is 0 Å². The summed E-state index contributed by atoms with van der Waals surface area (Å²) in [6, 6.07) is 5.46. The van der Waals surface area contributed by atoms with Crippen molar-refractivity contribution in [3.8, 4) is 0 Å². The predicted molar refractivity (Wildman–Crippen MR) is 161 cm³/mol. The van der Waals surface area contributed by atoms with Crippen LogP contribution in [0, 0.1) is 5.41 Å². The van der Waals surface area contributed by atoms with Gasteiger partial charge < -0.3 is 19.7 Å². The van der Waals surface area contributed by atoms with E-state index in [4.69, 9.17) is 9.47 Å². The molecule has 238 valence electrons. The zero-order valence-electron chi connectivity index (χ0n) is 26.0. The zero-order chi connectivity index (χ0) is 32.5. The summed E-state index contributed by atoms with van der Waals surface area (Å²) in [6.45, 7) is 13.7. The molecule has 1 aromatic carbocycles. The fraction of sp³-hybridized carbons (Fsp3) is 0.581. The first-order chi connectivity index (χ1) is 20.1. The fourth-order valence-electron chi connectivity index (χ4n) is 4.46. The van der Waals surface area contributed by atoms with Crippen molar-refractivity contribution in [1.29, 1.82) is 0 Å². The molecular weight excluding hydrogens is 558 g/mol. The van der Waals surface area contributed by atoms with Crippen molar-refractivity contribution in [2.75, 3.05) is 13.2 Å². The molecule has 0 radical (unpaired) electrons. The SMILES string of the molecule is C=CCn1c(=O)n(CC(O)COC(=O)c2ccc(C(=O)OCC(O)CC(C)(C)CC)cc2)c(=O)n(C(C)(CC)CC)c1=O. The third-order valence-corrected chi connectivity index (χ3v) is 7.99. The standard InChI is InChI=1S/C31H45N3O9/c1-8-16-32-27(39)33(29(41)34(28(32)40)31(7,10-3)11-4)18-24(36)20-43-26(38)22-14-12-21(13-15-22)25(37)42-19-23(35)17-30(5,6)9-2/h8,12-15,23-24,35-36H,1,9-11,16-20H2,2-7H3. The zero-order valence-corrected chi connectivity index (χ0v) is 26.0. The average Bonchev–Trinajstić information content (AvgIpc) is 2.98. The van der Waals surface area contributed by atoms with Gasteiger partial charge in [0.2, 0.25) is 0 Å². The van der Waals surface area contributed by atoms with Gasteiger partial charge in [0.05, 0.1) is 35.9 Å². The number of rotatable bonds is 16. The molecule has 0 amide bonds. The van der Waals surface area contributed by atoms with E-state index in [1.807, 2.05) is 34.6 Å². The van der Waals surface area contributed by atoms with Crippen molar-refractivity contribution in [1.82, 2.24) is 13.7 Å². The molecular formula is C31H45N3O9. The number of ether oxygens (including phenoxy) is 2. The van der Waals surface area contributed by atoms with Gasteiger partial charge >= 0.3 is 29.0 Å². The van der Waals surface area contributed by atoms with Crippen LogP contribution in [-0.2, 0) is 28.1 Å². The molecule has 2 N–H and O–H groups in total. The average molecular weight is 604 g/mol. The highest BCUT2D eigenvalue weighted by molar-refractivity contribution is 5.93. The Morgan fingerprint density at radius 2 is 1.28 bits per heavy atom. The molecule has 0 saturated heterocycles. The summed E-state index contributed by atoms with van der Waals surface area (Å²) in [4.78, 5) is 64.3. The number of aromatic nitrogens is 3. The summed E-state index contributed by atoms with van der Waals surface area (Å²) in [5.74, 6) is -1.46. The van der Waals surface area contributed by atoms with Gasteiger partial charge in [-0.05, 0) is 55.9 Å². The quantitative estimate of drug-likeness (QED) is 0.217. The largest absolute Gasteiger partial charge is 0.459 e. The number of esters is 2. The second kappa shape index (κ2) is 15.1. The highest BCUT2D eigenvalue weighted by atomic mass is 16.5. The Labute approximate surface area is 251 Å². The lowest BCUT2D eigenvalue weighted by Crippen LogP contribution is -2.60. The monoisotopic (exact) mass is 603 g/mol. The molecule has 2 rings (SSSR count). The Balaban J connectivity index is 2.10. The van der Waals surface area contributed by atoms with Crippen LogP contribution in [0.5, 0.6) is 0 Å². The normalized spacial score (nSPS) is 13.3. The molecule has 2 atom stereocenters. The first-order valence-electron chi connectivity index (χ1n) is 14.5. The minimum Gasteiger partial charge on any atom is -0.459 e. The molecule has 1 aromatic heterocycles. The molecule has 0 aliphatic rings. The molecule has 2 aromatic rings. The number of nitrogens with zero attached hydrogens (tertiary/aromatic N) is 3. The van der Waals surface area contributed by atoms with Gasteiger partial charge in [0.15, 0.2) is 0 Å². The second-order valence-electron chi connectivity index (χ2n) is 11.7. The van der Waals surface area contributed by atoms with Crippen LogP contribution in [-0.4, -0.2) is 61.3 Å². The number of hydrogen-bond acceptors (Lipinski definition) is 9. The molecule has 0 bridgehead atoms. The molecule has 12 heteroatoms. The minimum atomic E-state index is -1.44. The summed E-state index contributed by atoms with van der Waals surface area (Å²) >= 11 is 0. The number of carbonyl (C=O) groups is 2. The third kappa shape index (κ3) is 8.87. The van der Waals surface area contributed by atoms with E-state index in [1.165, 1.54) is 30.3 Å². The first-order valence-corrected chi connectivity index (χ1v) is 14.5. The summed E-state index contributed by atoms with van der Waals surface area (Å²) in [6.07, 6.45) is 1.36. The van der Waals surface area contributed by atoms with Crippen LogP contribution < -0.4 is 17.1 Å². The molecule has 0 saturated carbocycles. The maximum absolute atomic E-state index is 13.3. The Morgan fingerprint density at radius 1 is 0.814 bits per heavy atom. The van der Waals surface area contributed by atoms with Gasteiger partial charge in [-0.15, -0.1) is 6.58 Å². The first kappa shape index (κ1) is 35.4. The van der Waals surface area contributed by atoms with E-state index in [9.17, 15) is 34.2 Å². The van der Waals surface area contributed by atoms with Crippen LogP contribution in [0.25, 0.3) is 0 Å². The molecule has 0 fully saturated rings. The van der Waals surface area contributed by atoms with E-state index >= 15 is 0 Å². The van der Waals surface area contributed by atoms with Crippen molar-refractivity contribution < 1.29 is 29.3 Å². The molecule has 2 unspecified atom stereocenters. The number of aliphatic hydroxyl groups is 2. The van der Waals surface area contributed by atoms with Gasteiger partial charge in [-0.25, -0.2) is 37.7 Å². The van der Waals surface area contributed by atoms with E-state index in [0.717, 1.165) is 20.1 Å². The molecule has 0 aliphatic heterocycles. The smallest absolute Gasteiger partial charge is 0.338 e. The number of carbonyl (C=O) groups excluding carboxylic acids is 2. The van der Waals surface area contributed by atoms with Gasteiger partial charge in [-0.1, -0.05) is 47.1 Å². The number of allylic oxidation sites excluding steroid dienone is 1. The van der Waals surface area contributed by atoms with Crippen LogP contribution in [0.15, 0.2) is 51.3 Å². The van der Waals surface area contributed by atoms with Crippen molar-refractivity contribution >= 4 is 11.9 Å².